The quantitative estimate of drug-likeness (QED) is 0.510. The first kappa shape index (κ1) is 7.07. The summed E-state index contributed by atoms with van der Waals surface area (Å²) >= 11 is 3.53. The van der Waals surface area contributed by atoms with E-state index < -0.39 is 0 Å². The maximum absolute atomic E-state index is 3.53. The number of halogens is 1. The van der Waals surface area contributed by atoms with Gasteiger partial charge in [-0.3, -0.25) is 0 Å². The van der Waals surface area contributed by atoms with Gasteiger partial charge in [-0.1, -0.05) is 39.7 Å². The smallest absolute Gasteiger partial charge is 0.0480 e. The average molecular weight is 186 g/mol. The van der Waals surface area contributed by atoms with Crippen LogP contribution in [0.5, 0.6) is 0 Å². The monoisotopic (exact) mass is 185 g/mol. The first-order chi connectivity index (χ1) is 4.10. The highest BCUT2D eigenvalue weighted by molar-refractivity contribution is 9.10. The van der Waals surface area contributed by atoms with Crippen molar-refractivity contribution in [3.8, 4) is 0 Å². The summed E-state index contributed by atoms with van der Waals surface area (Å²) in [4.78, 5) is 0. The molecule has 1 rings (SSSR count). The van der Waals surface area contributed by atoms with Gasteiger partial charge in [-0.05, 0) is 13.8 Å². The molecule has 1 heteroatoms. The lowest BCUT2D eigenvalue weighted by Gasteiger charge is -2.18. The molecule has 1 aliphatic rings. The summed E-state index contributed by atoms with van der Waals surface area (Å²) in [5.41, 5.74) is 1.31. The zero-order chi connectivity index (χ0) is 6.91. The van der Waals surface area contributed by atoms with Crippen LogP contribution in [0.3, 0.4) is 0 Å². The van der Waals surface area contributed by atoms with Crippen LogP contribution >= 0.6 is 15.9 Å². The van der Waals surface area contributed by atoms with Crippen LogP contribution in [0.1, 0.15) is 13.8 Å². The second-order valence-electron chi connectivity index (χ2n) is 2.56. The van der Waals surface area contributed by atoms with Gasteiger partial charge < -0.3 is 0 Å². The number of rotatable bonds is 0. The topological polar surface area (TPSA) is 0 Å². The molecule has 0 aromatic rings. The molecule has 0 bridgehead atoms. The Balaban J connectivity index is 2.70. The van der Waals surface area contributed by atoms with Crippen molar-refractivity contribution in [3.63, 3.8) is 0 Å². The van der Waals surface area contributed by atoms with Crippen LogP contribution in [-0.2, 0) is 0 Å². The van der Waals surface area contributed by atoms with Crippen molar-refractivity contribution in [2.45, 2.75) is 18.2 Å². The molecule has 0 spiro atoms. The molecule has 0 N–H and O–H groups in total. The van der Waals surface area contributed by atoms with Crippen LogP contribution in [0.15, 0.2) is 23.8 Å². The minimum absolute atomic E-state index is 0.0898. The van der Waals surface area contributed by atoms with E-state index in [1.807, 2.05) is 0 Å². The highest BCUT2D eigenvalue weighted by Gasteiger charge is 2.16. The van der Waals surface area contributed by atoms with Gasteiger partial charge in [0.25, 0.3) is 0 Å². The highest BCUT2D eigenvalue weighted by Crippen LogP contribution is 2.27. The fraction of sp³-hybridized carbons (Fsp3) is 0.375. The van der Waals surface area contributed by atoms with Gasteiger partial charge in [-0.25, -0.2) is 0 Å². The second kappa shape index (κ2) is 2.30. The van der Waals surface area contributed by atoms with E-state index in [4.69, 9.17) is 0 Å². The van der Waals surface area contributed by atoms with Gasteiger partial charge in [0.1, 0.15) is 0 Å². The van der Waals surface area contributed by atoms with Crippen molar-refractivity contribution in [2.24, 2.45) is 0 Å². The van der Waals surface area contributed by atoms with Gasteiger partial charge in [0.05, 0.1) is 0 Å². The molecule has 1 atom stereocenters. The van der Waals surface area contributed by atoms with E-state index >= 15 is 0 Å². The lowest BCUT2D eigenvalue weighted by Crippen LogP contribution is -2.13. The molecule has 0 aliphatic heterocycles. The molecule has 0 amide bonds. The minimum atomic E-state index is 0.0898. The minimum Gasteiger partial charge on any atom is -0.0804 e. The van der Waals surface area contributed by atoms with Gasteiger partial charge in [0.2, 0.25) is 0 Å². The van der Waals surface area contributed by atoms with Crippen molar-refractivity contribution in [2.75, 3.05) is 0 Å². The normalized spacial score (nSPS) is 34.3. The molecule has 49 valence electrons. The Labute approximate surface area is 64.8 Å². The zero-order valence-electron chi connectivity index (χ0n) is 5.69. The maximum Gasteiger partial charge on any atom is 0.0480 e. The molecule has 0 saturated carbocycles. The molecule has 0 heterocycles. The number of hydrogen-bond donors (Lipinski definition) is 0. The first-order valence-electron chi connectivity index (χ1n) is 3.01. The van der Waals surface area contributed by atoms with E-state index in [0.717, 1.165) is 0 Å². The third-order valence-corrected chi connectivity index (χ3v) is 1.87. The Kier molecular flexibility index (Phi) is 1.80. The standard InChI is InChI=1S/C8H10Br/c1-7-3-5-8(2,9)6-4-7/h3-6H,1-2H3. The predicted octanol–water partition coefficient (Wildman–Crippen LogP) is 2.86. The summed E-state index contributed by atoms with van der Waals surface area (Å²) in [6.45, 7) is 4.21. The lowest BCUT2D eigenvalue weighted by molar-refractivity contribution is 0.956. The van der Waals surface area contributed by atoms with Crippen LogP contribution in [0, 0.1) is 6.42 Å². The van der Waals surface area contributed by atoms with Gasteiger partial charge in [-0.15, -0.1) is 0 Å². The van der Waals surface area contributed by atoms with E-state index in [0.29, 0.717) is 0 Å². The van der Waals surface area contributed by atoms with Gasteiger partial charge in [0, 0.05) is 10.7 Å². The molecule has 0 aromatic carbocycles. The molecule has 0 saturated heterocycles. The lowest BCUT2D eigenvalue weighted by atomic mass is 9.99. The Morgan fingerprint density at radius 1 is 1.56 bits per heavy atom. The Hall–Kier alpha value is -0.0400. The molecule has 1 unspecified atom stereocenters. The summed E-state index contributed by atoms with van der Waals surface area (Å²) < 4.78 is 0.0898. The molecule has 9 heavy (non-hydrogen) atoms. The predicted molar refractivity (Wildman–Crippen MR) is 44.5 cm³/mol. The van der Waals surface area contributed by atoms with Crippen LogP contribution in [0.2, 0.25) is 0 Å². The van der Waals surface area contributed by atoms with Crippen LogP contribution in [-0.4, -0.2) is 4.32 Å². The molecular formula is C8H10Br. The summed E-state index contributed by atoms with van der Waals surface area (Å²) in [7, 11) is 0. The third kappa shape index (κ3) is 1.98. The fourth-order valence-electron chi connectivity index (χ4n) is 0.700. The van der Waals surface area contributed by atoms with Crippen molar-refractivity contribution in [1.29, 1.82) is 0 Å². The molecule has 1 aliphatic carbocycles. The summed E-state index contributed by atoms with van der Waals surface area (Å²) in [6.07, 6.45) is 8.52. The van der Waals surface area contributed by atoms with Gasteiger partial charge in [0.15, 0.2) is 0 Å². The van der Waals surface area contributed by atoms with Crippen molar-refractivity contribution in [1.82, 2.24) is 0 Å². The molecule has 0 nitrogen and oxygen atoms in total. The van der Waals surface area contributed by atoms with Crippen molar-refractivity contribution < 1.29 is 0 Å². The van der Waals surface area contributed by atoms with E-state index in [1.165, 1.54) is 5.57 Å². The van der Waals surface area contributed by atoms with Crippen LogP contribution in [0.25, 0.3) is 0 Å². The van der Waals surface area contributed by atoms with Crippen LogP contribution in [0.4, 0.5) is 0 Å². The molecule has 1 radical (unpaired) electrons. The van der Waals surface area contributed by atoms with Gasteiger partial charge in [-0.2, -0.15) is 0 Å². The van der Waals surface area contributed by atoms with E-state index in [2.05, 4.69) is 54.4 Å². The number of hydrogen-bond acceptors (Lipinski definition) is 0. The van der Waals surface area contributed by atoms with E-state index in [9.17, 15) is 0 Å². The largest absolute Gasteiger partial charge is 0.0804 e. The fourth-order valence-corrected chi connectivity index (χ4v) is 0.964. The molecular weight excluding hydrogens is 176 g/mol. The summed E-state index contributed by atoms with van der Waals surface area (Å²) in [6, 6.07) is 0. The Morgan fingerprint density at radius 2 is 2.22 bits per heavy atom. The highest BCUT2D eigenvalue weighted by atomic mass is 79.9. The SMILES string of the molecule is CC1=C[CH]C(C)(Br)C=C1. The third-order valence-electron chi connectivity index (χ3n) is 1.34. The molecule has 0 fully saturated rings. The number of alkyl halides is 1. The second-order valence-corrected chi connectivity index (χ2v) is 4.27. The average Bonchev–Trinajstić information content (AvgIpc) is 1.78. The Bertz CT molecular complexity index is 163. The summed E-state index contributed by atoms with van der Waals surface area (Å²) in [5.74, 6) is 0. The van der Waals surface area contributed by atoms with E-state index in [1.54, 1.807) is 0 Å². The first-order valence-corrected chi connectivity index (χ1v) is 3.80. The summed E-state index contributed by atoms with van der Waals surface area (Å²) in [5, 5.41) is 0. The number of allylic oxidation sites excluding steroid dienone is 4. The van der Waals surface area contributed by atoms with Crippen molar-refractivity contribution in [3.05, 3.63) is 30.2 Å². The Morgan fingerprint density at radius 3 is 2.56 bits per heavy atom. The van der Waals surface area contributed by atoms with Gasteiger partial charge >= 0.3 is 0 Å². The van der Waals surface area contributed by atoms with Crippen molar-refractivity contribution >= 4 is 15.9 Å². The van der Waals surface area contributed by atoms with Crippen LogP contribution < -0.4 is 0 Å². The van der Waals surface area contributed by atoms with E-state index in [-0.39, 0.29) is 4.32 Å². The molecule has 0 aromatic heterocycles. The maximum atomic E-state index is 3.53. The zero-order valence-corrected chi connectivity index (χ0v) is 7.27.